The van der Waals surface area contributed by atoms with Crippen molar-refractivity contribution in [2.45, 2.75) is 19.4 Å². The molecule has 1 unspecified atom stereocenters. The SMILES string of the molecule is CCCOCC(O)c1ccc(Br)s1. The highest BCUT2D eigenvalue weighted by Crippen LogP contribution is 2.27. The van der Waals surface area contributed by atoms with Crippen LogP contribution in [-0.4, -0.2) is 18.3 Å². The van der Waals surface area contributed by atoms with Crippen molar-refractivity contribution in [2.24, 2.45) is 0 Å². The van der Waals surface area contributed by atoms with E-state index in [-0.39, 0.29) is 0 Å². The third-order valence-electron chi connectivity index (χ3n) is 1.55. The predicted octanol–water partition coefficient (Wildman–Crippen LogP) is 2.97. The van der Waals surface area contributed by atoms with Gasteiger partial charge in [-0.2, -0.15) is 0 Å². The van der Waals surface area contributed by atoms with Gasteiger partial charge in [-0.15, -0.1) is 11.3 Å². The minimum absolute atomic E-state index is 0.390. The molecule has 1 aromatic rings. The van der Waals surface area contributed by atoms with Crippen LogP contribution in [0.2, 0.25) is 0 Å². The third kappa shape index (κ3) is 3.77. The number of hydrogen-bond acceptors (Lipinski definition) is 3. The number of thiophene rings is 1. The molecule has 0 aliphatic heterocycles. The first-order chi connectivity index (χ1) is 6.24. The Labute approximate surface area is 90.7 Å². The van der Waals surface area contributed by atoms with Crippen LogP contribution in [-0.2, 0) is 4.74 Å². The summed E-state index contributed by atoms with van der Waals surface area (Å²) in [6.07, 6.45) is 0.503. The van der Waals surface area contributed by atoms with Gasteiger partial charge in [0.15, 0.2) is 0 Å². The van der Waals surface area contributed by atoms with Crippen LogP contribution in [0.4, 0.5) is 0 Å². The summed E-state index contributed by atoms with van der Waals surface area (Å²) in [5.41, 5.74) is 0. The van der Waals surface area contributed by atoms with Crippen molar-refractivity contribution < 1.29 is 9.84 Å². The van der Waals surface area contributed by atoms with Crippen LogP contribution in [0, 0.1) is 0 Å². The van der Waals surface area contributed by atoms with Gasteiger partial charge in [-0.25, -0.2) is 0 Å². The Morgan fingerprint density at radius 3 is 2.92 bits per heavy atom. The highest BCUT2D eigenvalue weighted by atomic mass is 79.9. The van der Waals surface area contributed by atoms with E-state index in [2.05, 4.69) is 15.9 Å². The van der Waals surface area contributed by atoms with Gasteiger partial charge in [-0.05, 0) is 34.5 Å². The fourth-order valence-electron chi connectivity index (χ4n) is 0.929. The first-order valence-electron chi connectivity index (χ1n) is 4.25. The molecule has 2 nitrogen and oxygen atoms in total. The first-order valence-corrected chi connectivity index (χ1v) is 5.86. The third-order valence-corrected chi connectivity index (χ3v) is 3.27. The van der Waals surface area contributed by atoms with Gasteiger partial charge >= 0.3 is 0 Å². The first kappa shape index (κ1) is 11.2. The molecule has 0 fully saturated rings. The molecule has 0 aliphatic rings. The average Bonchev–Trinajstić information content (AvgIpc) is 2.52. The maximum atomic E-state index is 9.63. The van der Waals surface area contributed by atoms with Crippen molar-refractivity contribution in [1.82, 2.24) is 0 Å². The molecule has 1 N–H and O–H groups in total. The fraction of sp³-hybridized carbons (Fsp3) is 0.556. The summed E-state index contributed by atoms with van der Waals surface area (Å²) >= 11 is 4.89. The minimum Gasteiger partial charge on any atom is -0.385 e. The van der Waals surface area contributed by atoms with Crippen LogP contribution in [0.5, 0.6) is 0 Å². The van der Waals surface area contributed by atoms with Crippen molar-refractivity contribution in [2.75, 3.05) is 13.2 Å². The molecular weight excluding hydrogens is 252 g/mol. The van der Waals surface area contributed by atoms with E-state index in [0.717, 1.165) is 15.1 Å². The van der Waals surface area contributed by atoms with E-state index in [0.29, 0.717) is 13.2 Å². The molecule has 0 aromatic carbocycles. The second-order valence-corrected chi connectivity index (χ2v) is 5.23. The Morgan fingerprint density at radius 1 is 1.62 bits per heavy atom. The average molecular weight is 265 g/mol. The summed E-state index contributed by atoms with van der Waals surface area (Å²) in [6, 6.07) is 3.85. The molecule has 1 heterocycles. The van der Waals surface area contributed by atoms with Crippen LogP contribution >= 0.6 is 27.3 Å². The van der Waals surface area contributed by atoms with Crippen LogP contribution in [0.25, 0.3) is 0 Å². The zero-order valence-corrected chi connectivity index (χ0v) is 9.90. The van der Waals surface area contributed by atoms with Crippen LogP contribution in [0.1, 0.15) is 24.3 Å². The van der Waals surface area contributed by atoms with E-state index in [9.17, 15) is 5.11 Å². The number of hydrogen-bond donors (Lipinski definition) is 1. The number of ether oxygens (including phenoxy) is 1. The van der Waals surface area contributed by atoms with Crippen LogP contribution < -0.4 is 0 Å². The maximum absolute atomic E-state index is 9.63. The van der Waals surface area contributed by atoms with E-state index in [1.165, 1.54) is 0 Å². The predicted molar refractivity (Wildman–Crippen MR) is 58.1 cm³/mol. The summed E-state index contributed by atoms with van der Waals surface area (Å²) < 4.78 is 6.29. The lowest BCUT2D eigenvalue weighted by Crippen LogP contribution is -2.05. The number of aliphatic hydroxyl groups excluding tert-OH is 1. The largest absolute Gasteiger partial charge is 0.385 e. The van der Waals surface area contributed by atoms with Crippen molar-refractivity contribution in [1.29, 1.82) is 0 Å². The number of aliphatic hydroxyl groups is 1. The molecule has 0 bridgehead atoms. The summed E-state index contributed by atoms with van der Waals surface area (Å²) in [4.78, 5) is 0.947. The van der Waals surface area contributed by atoms with Crippen molar-refractivity contribution >= 4 is 27.3 Å². The van der Waals surface area contributed by atoms with Crippen molar-refractivity contribution in [3.63, 3.8) is 0 Å². The zero-order valence-electron chi connectivity index (χ0n) is 7.50. The highest BCUT2D eigenvalue weighted by molar-refractivity contribution is 9.11. The molecule has 0 saturated heterocycles. The van der Waals surface area contributed by atoms with Crippen LogP contribution in [0.3, 0.4) is 0 Å². The molecule has 1 rings (SSSR count). The topological polar surface area (TPSA) is 29.5 Å². The Bertz CT molecular complexity index is 250. The molecule has 0 amide bonds. The van der Waals surface area contributed by atoms with Crippen molar-refractivity contribution in [3.8, 4) is 0 Å². The monoisotopic (exact) mass is 264 g/mol. The van der Waals surface area contributed by atoms with Gasteiger partial charge in [0.1, 0.15) is 6.10 Å². The molecule has 1 aromatic heterocycles. The van der Waals surface area contributed by atoms with Gasteiger partial charge in [-0.3, -0.25) is 0 Å². The number of halogens is 1. The van der Waals surface area contributed by atoms with Gasteiger partial charge in [0.25, 0.3) is 0 Å². The molecule has 0 radical (unpaired) electrons. The zero-order chi connectivity index (χ0) is 9.68. The van der Waals surface area contributed by atoms with E-state index in [1.807, 2.05) is 19.1 Å². The lowest BCUT2D eigenvalue weighted by atomic mass is 10.3. The van der Waals surface area contributed by atoms with E-state index in [4.69, 9.17) is 4.74 Å². The summed E-state index contributed by atoms with van der Waals surface area (Å²) in [7, 11) is 0. The summed E-state index contributed by atoms with van der Waals surface area (Å²) in [5, 5.41) is 9.63. The molecular formula is C9H13BrO2S. The van der Waals surface area contributed by atoms with Gasteiger partial charge in [-0.1, -0.05) is 6.92 Å². The lowest BCUT2D eigenvalue weighted by molar-refractivity contribution is 0.0382. The smallest absolute Gasteiger partial charge is 0.111 e. The molecule has 1 atom stereocenters. The maximum Gasteiger partial charge on any atom is 0.111 e. The molecule has 13 heavy (non-hydrogen) atoms. The fourth-order valence-corrected chi connectivity index (χ4v) is 2.32. The van der Waals surface area contributed by atoms with Gasteiger partial charge in [0.05, 0.1) is 10.4 Å². The second kappa shape index (κ2) is 5.75. The molecule has 74 valence electrons. The Hall–Kier alpha value is 0.1000. The van der Waals surface area contributed by atoms with Crippen LogP contribution in [0.15, 0.2) is 15.9 Å². The standard InChI is InChI=1S/C9H13BrO2S/c1-2-5-12-6-7(11)8-3-4-9(10)13-8/h3-4,7,11H,2,5-6H2,1H3. The van der Waals surface area contributed by atoms with E-state index in [1.54, 1.807) is 11.3 Å². The number of rotatable bonds is 5. The van der Waals surface area contributed by atoms with E-state index >= 15 is 0 Å². The second-order valence-electron chi connectivity index (χ2n) is 2.73. The Kier molecular flexibility index (Phi) is 4.94. The van der Waals surface area contributed by atoms with Gasteiger partial charge < -0.3 is 9.84 Å². The molecule has 0 saturated carbocycles. The van der Waals surface area contributed by atoms with Crippen molar-refractivity contribution in [3.05, 3.63) is 20.8 Å². The summed E-state index contributed by atoms with van der Waals surface area (Å²) in [5.74, 6) is 0. The quantitative estimate of drug-likeness (QED) is 0.829. The Balaban J connectivity index is 2.35. The lowest BCUT2D eigenvalue weighted by Gasteiger charge is -2.08. The van der Waals surface area contributed by atoms with E-state index < -0.39 is 6.10 Å². The molecule has 0 spiro atoms. The normalized spacial score (nSPS) is 13.2. The molecule has 0 aliphatic carbocycles. The van der Waals surface area contributed by atoms with Gasteiger partial charge in [0, 0.05) is 11.5 Å². The highest BCUT2D eigenvalue weighted by Gasteiger charge is 2.09. The minimum atomic E-state index is -0.483. The molecule has 4 heteroatoms. The summed E-state index contributed by atoms with van der Waals surface area (Å²) in [6.45, 7) is 3.15. The van der Waals surface area contributed by atoms with Gasteiger partial charge in [0.2, 0.25) is 0 Å². The Morgan fingerprint density at radius 2 is 2.38 bits per heavy atom.